The molecule has 4 aromatic rings. The molecule has 34 heavy (non-hydrogen) atoms. The molecule has 2 N–H and O–H groups in total. The minimum atomic E-state index is -0.190. The molecular weight excluding hydrogens is 448 g/mol. The van der Waals surface area contributed by atoms with Crippen LogP contribution in [0.2, 0.25) is 0 Å². The van der Waals surface area contributed by atoms with Crippen molar-refractivity contribution in [2.24, 2.45) is 0 Å². The fourth-order valence-corrected chi connectivity index (χ4v) is 5.28. The van der Waals surface area contributed by atoms with Crippen LogP contribution in [0.25, 0.3) is 15.7 Å². The molecular formula is C24H26N8OS. The molecule has 0 aliphatic heterocycles. The number of aromatic nitrogens is 6. The third-order valence-electron chi connectivity index (χ3n) is 6.25. The maximum Gasteiger partial charge on any atom is 0.261 e. The minimum absolute atomic E-state index is 0.0307. The number of H-pyrrole nitrogens is 1. The molecule has 2 atom stereocenters. The molecule has 0 unspecified atom stereocenters. The minimum Gasteiger partial charge on any atom is -0.338 e. The Hall–Kier alpha value is -3.58. The lowest BCUT2D eigenvalue weighted by Crippen LogP contribution is -2.26. The number of anilines is 2. The van der Waals surface area contributed by atoms with Gasteiger partial charge in [0.25, 0.3) is 5.56 Å². The van der Waals surface area contributed by atoms with Gasteiger partial charge in [0, 0.05) is 30.3 Å². The van der Waals surface area contributed by atoms with Crippen molar-refractivity contribution in [2.45, 2.75) is 50.1 Å². The van der Waals surface area contributed by atoms with Crippen LogP contribution in [-0.2, 0) is 12.3 Å². The second-order valence-corrected chi connectivity index (χ2v) is 9.47. The van der Waals surface area contributed by atoms with Crippen LogP contribution in [0.3, 0.4) is 0 Å². The molecule has 3 heterocycles. The number of aromatic amines is 1. The Labute approximate surface area is 201 Å². The molecule has 1 fully saturated rings. The fraction of sp³-hybridized carbons (Fsp3) is 0.375. The third kappa shape index (κ3) is 4.43. The first-order valence-corrected chi connectivity index (χ1v) is 12.7. The number of hydrogen-bond acceptors (Lipinski definition) is 6. The van der Waals surface area contributed by atoms with E-state index in [2.05, 4.69) is 49.9 Å². The van der Waals surface area contributed by atoms with Gasteiger partial charge in [-0.1, -0.05) is 17.7 Å². The number of fused-ring (bicyclic) bond motifs is 1. The Kier molecular flexibility index (Phi) is 6.36. The van der Waals surface area contributed by atoms with Gasteiger partial charge in [-0.25, -0.2) is 11.3 Å². The van der Waals surface area contributed by atoms with Gasteiger partial charge in [0.1, 0.15) is 11.4 Å². The van der Waals surface area contributed by atoms with Crippen molar-refractivity contribution in [3.05, 3.63) is 75.8 Å². The Bertz CT molecular complexity index is 1380. The van der Waals surface area contributed by atoms with Crippen molar-refractivity contribution < 1.29 is 0 Å². The molecule has 1 saturated carbocycles. The highest BCUT2D eigenvalue weighted by atomic mass is 32.2. The van der Waals surface area contributed by atoms with Crippen LogP contribution in [0.4, 0.5) is 11.5 Å². The van der Waals surface area contributed by atoms with E-state index in [4.69, 9.17) is 11.7 Å². The van der Waals surface area contributed by atoms with E-state index in [1.165, 1.54) is 5.56 Å². The van der Waals surface area contributed by atoms with E-state index < -0.39 is 0 Å². The van der Waals surface area contributed by atoms with Crippen LogP contribution < -0.4 is 10.9 Å². The predicted octanol–water partition coefficient (Wildman–Crippen LogP) is 4.37. The molecule has 5 rings (SSSR count). The van der Waals surface area contributed by atoms with Gasteiger partial charge in [-0.2, -0.15) is 16.9 Å². The second-order valence-electron chi connectivity index (χ2n) is 8.61. The van der Waals surface area contributed by atoms with Crippen LogP contribution in [0.1, 0.15) is 42.9 Å². The van der Waals surface area contributed by atoms with Gasteiger partial charge < -0.3 is 15.1 Å². The number of hydrogen-bond donors (Lipinski definition) is 2. The molecule has 1 aromatic carbocycles. The lowest BCUT2D eigenvalue weighted by Gasteiger charge is -2.24. The lowest BCUT2D eigenvalue weighted by molar-refractivity contribution is 0.321. The highest BCUT2D eigenvalue weighted by molar-refractivity contribution is 7.97. The number of thioether (sulfide) groups is 1. The van der Waals surface area contributed by atoms with Gasteiger partial charge in [0.05, 0.1) is 18.3 Å². The van der Waals surface area contributed by atoms with E-state index in [0.29, 0.717) is 17.7 Å². The summed E-state index contributed by atoms with van der Waals surface area (Å²) in [7, 11) is 0. The summed E-state index contributed by atoms with van der Waals surface area (Å²) >= 11 is 1.75. The van der Waals surface area contributed by atoms with Gasteiger partial charge in [-0.05, 0) is 48.4 Å². The number of nitrogens with zero attached hydrogens (tertiary/aromatic N) is 6. The van der Waals surface area contributed by atoms with Gasteiger partial charge >= 0.3 is 0 Å². The van der Waals surface area contributed by atoms with Crippen molar-refractivity contribution in [2.75, 3.05) is 11.6 Å². The van der Waals surface area contributed by atoms with Gasteiger partial charge in [0.15, 0.2) is 5.82 Å². The Balaban J connectivity index is 1.56. The van der Waals surface area contributed by atoms with Crippen LogP contribution in [0, 0.1) is 6.57 Å². The third-order valence-corrected chi connectivity index (χ3v) is 6.87. The Morgan fingerprint density at radius 3 is 2.91 bits per heavy atom. The molecule has 0 amide bonds. The van der Waals surface area contributed by atoms with E-state index in [1.54, 1.807) is 28.8 Å². The van der Waals surface area contributed by atoms with Crippen molar-refractivity contribution in [3.63, 3.8) is 0 Å². The van der Waals surface area contributed by atoms with E-state index in [-0.39, 0.29) is 17.6 Å². The summed E-state index contributed by atoms with van der Waals surface area (Å²) in [5.74, 6) is 1.38. The zero-order valence-electron chi connectivity index (χ0n) is 18.9. The highest BCUT2D eigenvalue weighted by Crippen LogP contribution is 2.35. The van der Waals surface area contributed by atoms with Crippen molar-refractivity contribution in [1.29, 1.82) is 0 Å². The zero-order chi connectivity index (χ0) is 23.5. The monoisotopic (exact) mass is 474 g/mol. The predicted molar refractivity (Wildman–Crippen MR) is 134 cm³/mol. The molecule has 1 aliphatic carbocycles. The largest absolute Gasteiger partial charge is 0.338 e. The van der Waals surface area contributed by atoms with Crippen LogP contribution >= 0.6 is 11.8 Å². The molecule has 174 valence electrons. The first kappa shape index (κ1) is 22.2. The Morgan fingerprint density at radius 2 is 2.12 bits per heavy atom. The van der Waals surface area contributed by atoms with Crippen LogP contribution in [0.5, 0.6) is 0 Å². The van der Waals surface area contributed by atoms with Crippen molar-refractivity contribution in [1.82, 2.24) is 29.8 Å². The second kappa shape index (κ2) is 9.73. The standard InChI is InChI=1S/C24H26N8OS/c1-25-19-5-3-4-6-20(19)32-21-7-8-26-24(33)22(21)23(29-32)28-18-12-16(11-17(13-18)15-34-2)14-31-10-9-27-30-31/h7-13,19-20H,3-6,14-15H2,2H3,(H,26,33)(H,28,29)/t19-,20-/m0/s1. The summed E-state index contributed by atoms with van der Waals surface area (Å²) in [5.41, 5.74) is 3.68. The molecule has 1 aliphatic rings. The maximum atomic E-state index is 12.9. The number of benzene rings is 1. The SMILES string of the molecule is [C-]#[N+][C@H]1CCCC[C@@H]1n1nc(Nc2cc(CSC)cc(Cn3ccnn3)c2)c2c(=O)[nH]ccc21. The molecule has 0 bridgehead atoms. The first-order chi connectivity index (χ1) is 16.7. The fourth-order valence-electron chi connectivity index (χ4n) is 4.78. The van der Waals surface area contributed by atoms with Gasteiger partial charge in [-0.15, -0.1) is 5.10 Å². The van der Waals surface area contributed by atoms with Crippen LogP contribution in [0.15, 0.2) is 47.7 Å². The maximum absolute atomic E-state index is 12.9. The van der Waals surface area contributed by atoms with Crippen LogP contribution in [-0.4, -0.2) is 42.1 Å². The summed E-state index contributed by atoms with van der Waals surface area (Å²) in [6.45, 7) is 8.27. The summed E-state index contributed by atoms with van der Waals surface area (Å²) in [5, 5.41) is 16.8. The summed E-state index contributed by atoms with van der Waals surface area (Å²) in [6, 6.07) is 8.03. The quantitative estimate of drug-likeness (QED) is 0.386. The average molecular weight is 475 g/mol. The van der Waals surface area contributed by atoms with E-state index in [9.17, 15) is 4.79 Å². The first-order valence-electron chi connectivity index (χ1n) is 11.4. The molecule has 10 heteroatoms. The average Bonchev–Trinajstić information content (AvgIpc) is 3.48. The zero-order valence-corrected chi connectivity index (χ0v) is 19.8. The van der Waals surface area contributed by atoms with E-state index in [1.807, 2.05) is 16.9 Å². The Morgan fingerprint density at radius 1 is 1.26 bits per heavy atom. The highest BCUT2D eigenvalue weighted by Gasteiger charge is 2.33. The molecule has 9 nitrogen and oxygen atoms in total. The molecule has 0 radical (unpaired) electrons. The number of pyridine rings is 1. The molecule has 0 spiro atoms. The number of rotatable bonds is 7. The topological polar surface area (TPSA) is 97.8 Å². The summed E-state index contributed by atoms with van der Waals surface area (Å²) in [4.78, 5) is 19.5. The van der Waals surface area contributed by atoms with Crippen molar-refractivity contribution >= 4 is 34.2 Å². The van der Waals surface area contributed by atoms with E-state index in [0.717, 1.165) is 48.2 Å². The smallest absolute Gasteiger partial charge is 0.261 e. The normalized spacial score (nSPS) is 18.1. The van der Waals surface area contributed by atoms with Gasteiger partial charge in [0.2, 0.25) is 6.04 Å². The summed E-state index contributed by atoms with van der Waals surface area (Å²) < 4.78 is 3.68. The van der Waals surface area contributed by atoms with Gasteiger partial charge in [-0.3, -0.25) is 9.48 Å². The van der Waals surface area contributed by atoms with Crippen molar-refractivity contribution in [3.8, 4) is 0 Å². The van der Waals surface area contributed by atoms with E-state index >= 15 is 0 Å². The molecule has 0 saturated heterocycles. The number of nitrogens with one attached hydrogen (secondary N) is 2. The summed E-state index contributed by atoms with van der Waals surface area (Å²) in [6.07, 6.45) is 11.1. The lowest BCUT2D eigenvalue weighted by atomic mass is 9.91. The molecule has 3 aromatic heterocycles.